The fourth-order valence-electron chi connectivity index (χ4n) is 10.8. The number of methoxy groups -OCH3 is 1. The first-order valence-electron chi connectivity index (χ1n) is 24.0. The van der Waals surface area contributed by atoms with Crippen LogP contribution in [0.15, 0.2) is 79.2 Å². The van der Waals surface area contributed by atoms with Crippen LogP contribution in [0.25, 0.3) is 33.3 Å². The highest BCUT2D eigenvalue weighted by Gasteiger charge is 2.42. The first-order chi connectivity index (χ1) is 32.6. The summed E-state index contributed by atoms with van der Waals surface area (Å²) in [5, 5.41) is 16.9. The summed E-state index contributed by atoms with van der Waals surface area (Å²) in [7, 11) is 3.28. The van der Waals surface area contributed by atoms with Crippen molar-refractivity contribution in [2.45, 2.75) is 110 Å². The number of pyridine rings is 1. The zero-order valence-corrected chi connectivity index (χ0v) is 40.2. The standard InChI is InChI=1S/C53H65N7O8/c1-8-46(62)58-28-32(3)41(29-58)50(64)57(6)47(34-14-10-11-15-34)49(63)55-43-24-33-22-36(25-37(61)23-33)35-18-19-45-39(26-35)40(48(59(45)9-2)38-16-12-20-54-44(38)30-67-7)27-53(4,5)31-68-52(66)42-17-13-21-60(56-42)51(43)65/h8,12,16,18-20,22-23,25-26,28,34,41-43,47,56,61H,1,9-11,13-15,17,21,24,27,29-31H2,2-7H3,(H,55,63)/t41-,42+,43+,47+/m1/s1. The number of rotatable bonds is 10. The van der Waals surface area contributed by atoms with Crippen LogP contribution < -0.4 is 10.7 Å². The maximum absolute atomic E-state index is 14.9. The molecule has 4 aromatic rings. The summed E-state index contributed by atoms with van der Waals surface area (Å²) in [6.45, 7) is 13.2. The molecule has 1 saturated heterocycles. The lowest BCUT2D eigenvalue weighted by Gasteiger charge is -2.37. The van der Waals surface area contributed by atoms with E-state index in [-0.39, 0.29) is 49.6 Å². The number of nitrogens with one attached hydrogen (secondary N) is 2. The van der Waals surface area contributed by atoms with Crippen molar-refractivity contribution >= 4 is 40.5 Å². The van der Waals surface area contributed by atoms with Crippen LogP contribution in [-0.2, 0) is 59.4 Å². The number of amides is 4. The molecule has 4 aliphatic rings. The van der Waals surface area contributed by atoms with E-state index >= 15 is 0 Å². The van der Waals surface area contributed by atoms with Crippen LogP contribution in [0.1, 0.15) is 83.0 Å². The Labute approximate surface area is 398 Å². The van der Waals surface area contributed by atoms with E-state index in [0.717, 1.165) is 70.2 Å². The van der Waals surface area contributed by atoms with Crippen LogP contribution in [0, 0.1) is 17.3 Å². The number of aromatic hydroxyl groups is 1. The van der Waals surface area contributed by atoms with Crippen LogP contribution in [0.3, 0.4) is 0 Å². The second-order valence-electron chi connectivity index (χ2n) is 19.7. The number of carbonyl (C=O) groups is 5. The van der Waals surface area contributed by atoms with E-state index in [2.05, 4.69) is 60.9 Å². The molecule has 0 unspecified atom stereocenters. The molecule has 15 heteroatoms. The summed E-state index contributed by atoms with van der Waals surface area (Å²) in [4.78, 5) is 78.3. The molecule has 1 saturated carbocycles. The minimum atomic E-state index is -1.16. The average molecular weight is 928 g/mol. The smallest absolute Gasteiger partial charge is 0.324 e. The van der Waals surface area contributed by atoms with Crippen molar-refractivity contribution < 1.29 is 38.6 Å². The third kappa shape index (κ3) is 9.82. The summed E-state index contributed by atoms with van der Waals surface area (Å²) < 4.78 is 14.0. The van der Waals surface area contributed by atoms with Crippen LogP contribution in [0.5, 0.6) is 5.75 Å². The topological polar surface area (TPSA) is 176 Å². The van der Waals surface area contributed by atoms with Crippen molar-refractivity contribution in [2.24, 2.45) is 17.3 Å². The summed E-state index contributed by atoms with van der Waals surface area (Å²) in [5.41, 5.74) is 10.3. The molecule has 2 aromatic carbocycles. The third-order valence-corrected chi connectivity index (χ3v) is 14.2. The van der Waals surface area contributed by atoms with E-state index in [0.29, 0.717) is 43.6 Å². The number of fused-ring (bicyclic) bond motifs is 6. The second-order valence-corrected chi connectivity index (χ2v) is 19.7. The van der Waals surface area contributed by atoms with Crippen LogP contribution in [0.4, 0.5) is 0 Å². The molecule has 3 N–H and O–H groups in total. The average Bonchev–Trinajstić information content (AvgIpc) is 4.07. The van der Waals surface area contributed by atoms with Gasteiger partial charge < -0.3 is 34.3 Å². The molecule has 68 heavy (non-hydrogen) atoms. The van der Waals surface area contributed by atoms with Crippen molar-refractivity contribution in [3.05, 3.63) is 96.0 Å². The predicted octanol–water partition coefficient (Wildman–Crippen LogP) is 6.46. The highest BCUT2D eigenvalue weighted by Crippen LogP contribution is 2.41. The summed E-state index contributed by atoms with van der Waals surface area (Å²) >= 11 is 0. The molecule has 0 spiro atoms. The van der Waals surface area contributed by atoms with Crippen molar-refractivity contribution in [3.8, 4) is 28.1 Å². The van der Waals surface area contributed by atoms with Gasteiger partial charge in [-0.05, 0) is 122 Å². The van der Waals surface area contributed by atoms with E-state index in [4.69, 9.17) is 14.5 Å². The lowest BCUT2D eigenvalue weighted by molar-refractivity contribution is -0.155. The van der Waals surface area contributed by atoms with Gasteiger partial charge in [0.25, 0.3) is 5.91 Å². The SMILES string of the molecule is C=CC(=O)N1C=C(C)[C@H](C(=O)N(C)[C@H](C(=O)N[C@H]2Cc3cc(O)cc(c3)-c3ccc4c(c3)c(c(-c3cccnc3COC)n4CC)CC(C)(C)COC(=O)[C@@H]3CCCN(N3)C2=O)C2CCCC2)C1. The Morgan fingerprint density at radius 3 is 2.60 bits per heavy atom. The number of cyclic esters (lactones) is 1. The van der Waals surface area contributed by atoms with Gasteiger partial charge in [0.2, 0.25) is 17.7 Å². The Hall–Kier alpha value is -6.32. The number of benzene rings is 2. The Morgan fingerprint density at radius 1 is 1.09 bits per heavy atom. The number of phenolic OH excluding ortho intramolecular Hbond substituents is 1. The van der Waals surface area contributed by atoms with Crippen LogP contribution >= 0.6 is 0 Å². The highest BCUT2D eigenvalue weighted by atomic mass is 16.5. The van der Waals surface area contributed by atoms with E-state index in [1.807, 2.05) is 18.2 Å². The van der Waals surface area contributed by atoms with Crippen molar-refractivity contribution in [3.63, 3.8) is 0 Å². The summed E-state index contributed by atoms with van der Waals surface area (Å²) in [6, 6.07) is 12.6. The van der Waals surface area contributed by atoms with E-state index in [9.17, 15) is 29.1 Å². The monoisotopic (exact) mass is 927 g/mol. The molecule has 6 bridgehead atoms. The summed E-state index contributed by atoms with van der Waals surface area (Å²) in [5.74, 6) is -2.83. The largest absolute Gasteiger partial charge is 0.508 e. The third-order valence-electron chi connectivity index (χ3n) is 14.2. The van der Waals surface area contributed by atoms with Gasteiger partial charge in [0.15, 0.2) is 0 Å². The van der Waals surface area contributed by atoms with Crippen molar-refractivity contribution in [1.82, 2.24) is 35.1 Å². The molecule has 2 aromatic heterocycles. The zero-order valence-electron chi connectivity index (χ0n) is 40.2. The number of phenols is 1. The molecule has 5 heterocycles. The molecule has 0 radical (unpaired) electrons. The Kier molecular flexibility index (Phi) is 14.2. The molecule has 1 aliphatic carbocycles. The van der Waals surface area contributed by atoms with Gasteiger partial charge in [-0.15, -0.1) is 0 Å². The molecule has 4 atom stereocenters. The number of carbonyl (C=O) groups excluding carboxylic acids is 5. The van der Waals surface area contributed by atoms with E-state index in [1.165, 1.54) is 20.9 Å². The quantitative estimate of drug-likeness (QED) is 0.118. The molecule has 8 rings (SSSR count). The minimum Gasteiger partial charge on any atom is -0.508 e. The number of aryl methyl sites for hydroxylation is 1. The maximum Gasteiger partial charge on any atom is 0.324 e. The van der Waals surface area contributed by atoms with Gasteiger partial charge in [0, 0.05) is 74.5 Å². The van der Waals surface area contributed by atoms with Crippen LogP contribution in [0.2, 0.25) is 0 Å². The van der Waals surface area contributed by atoms with Gasteiger partial charge in [0.1, 0.15) is 23.9 Å². The number of nitrogens with zero attached hydrogens (tertiary/aromatic N) is 5. The number of esters is 1. The second kappa shape index (κ2) is 20.1. The van der Waals surface area contributed by atoms with Crippen molar-refractivity contribution in [2.75, 3.05) is 33.9 Å². The van der Waals surface area contributed by atoms with E-state index in [1.54, 1.807) is 45.6 Å². The lowest BCUT2D eigenvalue weighted by atomic mass is 9.84. The number of hydrazine groups is 1. The lowest BCUT2D eigenvalue weighted by Crippen LogP contribution is -2.62. The van der Waals surface area contributed by atoms with Gasteiger partial charge >= 0.3 is 5.97 Å². The van der Waals surface area contributed by atoms with Gasteiger partial charge in [0.05, 0.1) is 30.5 Å². The molecular weight excluding hydrogens is 863 g/mol. The number of likely N-dealkylation sites (N-methyl/N-ethyl adjacent to an activating group) is 1. The number of hydrogen-bond acceptors (Lipinski definition) is 10. The van der Waals surface area contributed by atoms with E-state index < -0.39 is 47.2 Å². The maximum atomic E-state index is 14.9. The fourth-order valence-corrected chi connectivity index (χ4v) is 10.8. The predicted molar refractivity (Wildman–Crippen MR) is 258 cm³/mol. The molecule has 2 fully saturated rings. The molecule has 360 valence electrons. The molecule has 3 aliphatic heterocycles. The number of ether oxygens (including phenoxy) is 2. The van der Waals surface area contributed by atoms with Gasteiger partial charge in [-0.1, -0.05) is 45.4 Å². The first kappa shape index (κ1) is 48.1. The minimum absolute atomic E-state index is 0.00125. The Morgan fingerprint density at radius 2 is 1.87 bits per heavy atom. The normalized spacial score (nSPS) is 21.5. The molecule has 4 amide bonds. The number of aromatic nitrogens is 2. The fraction of sp³-hybridized carbons (Fsp3) is 0.472. The molecular formula is C53H65N7O8. The summed E-state index contributed by atoms with van der Waals surface area (Å²) in [6.07, 6.45) is 9.38. The first-order valence-corrected chi connectivity index (χ1v) is 24.0. The number of hydrogen-bond donors (Lipinski definition) is 3. The van der Waals surface area contributed by atoms with Crippen LogP contribution in [-0.4, -0.2) is 111 Å². The van der Waals surface area contributed by atoms with Gasteiger partial charge in [-0.2, -0.15) is 0 Å². The Bertz CT molecular complexity index is 2650. The van der Waals surface area contributed by atoms with Gasteiger partial charge in [-0.3, -0.25) is 34.0 Å². The van der Waals surface area contributed by atoms with Crippen molar-refractivity contribution in [1.29, 1.82) is 0 Å². The van der Waals surface area contributed by atoms with Gasteiger partial charge in [-0.25, -0.2) is 5.43 Å². The molecule has 15 nitrogen and oxygen atoms in total. The zero-order chi connectivity index (χ0) is 48.4. The Balaban J connectivity index is 1.20. The highest BCUT2D eigenvalue weighted by molar-refractivity contribution is 5.97.